The van der Waals surface area contributed by atoms with Crippen LogP contribution in [0.5, 0.6) is 0 Å². The van der Waals surface area contributed by atoms with E-state index in [0.717, 1.165) is 19.6 Å². The lowest BCUT2D eigenvalue weighted by atomic mass is 10.0. The first-order chi connectivity index (χ1) is 7.98. The van der Waals surface area contributed by atoms with Crippen LogP contribution < -0.4 is 5.32 Å². The second-order valence-corrected chi connectivity index (χ2v) is 7.34. The number of hydrogen-bond donors (Lipinski definition) is 1. The number of amides is 1. The predicted molar refractivity (Wildman–Crippen MR) is 65.4 cm³/mol. The van der Waals surface area contributed by atoms with E-state index in [-0.39, 0.29) is 29.4 Å². The molecule has 0 aromatic heterocycles. The van der Waals surface area contributed by atoms with Crippen LogP contribution in [-0.2, 0) is 14.6 Å². The summed E-state index contributed by atoms with van der Waals surface area (Å²) in [6, 6.07) is 0.217. The van der Waals surface area contributed by atoms with Crippen LogP contribution in [0.3, 0.4) is 0 Å². The SMILES string of the molecule is C[C@@H]1CNCCN1C(=O)CC1CCS(=O)(=O)C1. The highest BCUT2D eigenvalue weighted by Crippen LogP contribution is 2.23. The number of rotatable bonds is 2. The standard InChI is InChI=1S/C11H20N2O3S/c1-9-7-12-3-4-13(9)11(14)6-10-2-5-17(15,16)8-10/h9-10,12H,2-8H2,1H3/t9-,10?/m1/s1. The van der Waals surface area contributed by atoms with E-state index in [9.17, 15) is 13.2 Å². The number of hydrogen-bond acceptors (Lipinski definition) is 4. The molecule has 2 aliphatic rings. The van der Waals surface area contributed by atoms with Gasteiger partial charge in [-0.25, -0.2) is 8.42 Å². The Labute approximate surface area is 102 Å². The van der Waals surface area contributed by atoms with Crippen LogP contribution in [-0.4, -0.2) is 56.4 Å². The molecule has 2 rings (SSSR count). The van der Waals surface area contributed by atoms with E-state index in [2.05, 4.69) is 5.32 Å². The van der Waals surface area contributed by atoms with Crippen molar-refractivity contribution in [1.82, 2.24) is 10.2 Å². The van der Waals surface area contributed by atoms with Crippen molar-refractivity contribution in [1.29, 1.82) is 0 Å². The lowest BCUT2D eigenvalue weighted by Crippen LogP contribution is -2.52. The largest absolute Gasteiger partial charge is 0.337 e. The van der Waals surface area contributed by atoms with Gasteiger partial charge in [0.1, 0.15) is 0 Å². The van der Waals surface area contributed by atoms with Gasteiger partial charge in [0.2, 0.25) is 5.91 Å². The average Bonchev–Trinajstić information content (AvgIpc) is 2.58. The second kappa shape index (κ2) is 4.94. The van der Waals surface area contributed by atoms with Gasteiger partial charge in [-0.1, -0.05) is 0 Å². The molecule has 1 unspecified atom stereocenters. The first-order valence-corrected chi connectivity index (χ1v) is 8.01. The van der Waals surface area contributed by atoms with Gasteiger partial charge < -0.3 is 10.2 Å². The lowest BCUT2D eigenvalue weighted by Gasteiger charge is -2.34. The Hall–Kier alpha value is -0.620. The molecule has 0 aromatic rings. The van der Waals surface area contributed by atoms with Crippen molar-refractivity contribution in [3.8, 4) is 0 Å². The van der Waals surface area contributed by atoms with E-state index < -0.39 is 9.84 Å². The topological polar surface area (TPSA) is 66.5 Å². The Morgan fingerprint density at radius 3 is 2.82 bits per heavy atom. The monoisotopic (exact) mass is 260 g/mol. The van der Waals surface area contributed by atoms with Crippen molar-refractivity contribution in [2.24, 2.45) is 5.92 Å². The highest BCUT2D eigenvalue weighted by molar-refractivity contribution is 7.91. The molecule has 0 spiro atoms. The van der Waals surface area contributed by atoms with Crippen LogP contribution in [0.25, 0.3) is 0 Å². The maximum absolute atomic E-state index is 12.1. The number of sulfone groups is 1. The van der Waals surface area contributed by atoms with Crippen molar-refractivity contribution in [3.05, 3.63) is 0 Å². The van der Waals surface area contributed by atoms with E-state index in [1.807, 2.05) is 11.8 Å². The summed E-state index contributed by atoms with van der Waals surface area (Å²) in [6.45, 7) is 4.42. The molecule has 0 aliphatic carbocycles. The van der Waals surface area contributed by atoms with Crippen LogP contribution in [0.15, 0.2) is 0 Å². The Bertz CT molecular complexity index is 394. The highest BCUT2D eigenvalue weighted by atomic mass is 32.2. The Balaban J connectivity index is 1.89. The summed E-state index contributed by atoms with van der Waals surface area (Å²) in [5, 5.41) is 3.24. The fourth-order valence-electron chi connectivity index (χ4n) is 2.61. The van der Waals surface area contributed by atoms with Gasteiger partial charge in [-0.05, 0) is 19.3 Å². The maximum Gasteiger partial charge on any atom is 0.223 e. The molecule has 2 atom stereocenters. The molecule has 0 saturated carbocycles. The van der Waals surface area contributed by atoms with Gasteiger partial charge in [0, 0.05) is 32.1 Å². The number of carbonyl (C=O) groups is 1. The molecule has 5 nitrogen and oxygen atoms in total. The summed E-state index contributed by atoms with van der Waals surface area (Å²) in [5.41, 5.74) is 0. The van der Waals surface area contributed by atoms with Crippen molar-refractivity contribution in [3.63, 3.8) is 0 Å². The zero-order chi connectivity index (χ0) is 12.5. The van der Waals surface area contributed by atoms with E-state index in [1.165, 1.54) is 0 Å². The third-order valence-electron chi connectivity index (χ3n) is 3.61. The summed E-state index contributed by atoms with van der Waals surface area (Å²) in [7, 11) is -2.87. The predicted octanol–water partition coefficient (Wildman–Crippen LogP) is -0.368. The van der Waals surface area contributed by atoms with Crippen molar-refractivity contribution >= 4 is 15.7 Å². The summed E-state index contributed by atoms with van der Waals surface area (Å²) >= 11 is 0. The first kappa shape index (κ1) is 12.8. The highest BCUT2D eigenvalue weighted by Gasteiger charge is 2.32. The summed E-state index contributed by atoms with van der Waals surface area (Å²) in [6.07, 6.45) is 1.04. The van der Waals surface area contributed by atoms with Crippen LogP contribution >= 0.6 is 0 Å². The summed E-state index contributed by atoms with van der Waals surface area (Å²) in [5.74, 6) is 0.594. The number of nitrogens with one attached hydrogen (secondary N) is 1. The normalized spacial score (nSPS) is 32.6. The average molecular weight is 260 g/mol. The van der Waals surface area contributed by atoms with E-state index >= 15 is 0 Å². The molecular weight excluding hydrogens is 240 g/mol. The lowest BCUT2D eigenvalue weighted by molar-refractivity contribution is -0.134. The quantitative estimate of drug-likeness (QED) is 0.736. The van der Waals surface area contributed by atoms with Gasteiger partial charge in [-0.3, -0.25) is 4.79 Å². The fourth-order valence-corrected chi connectivity index (χ4v) is 4.47. The van der Waals surface area contributed by atoms with E-state index in [0.29, 0.717) is 12.8 Å². The van der Waals surface area contributed by atoms with Gasteiger partial charge in [-0.2, -0.15) is 0 Å². The van der Waals surface area contributed by atoms with Crippen LogP contribution in [0.1, 0.15) is 19.8 Å². The van der Waals surface area contributed by atoms with Gasteiger partial charge in [0.25, 0.3) is 0 Å². The maximum atomic E-state index is 12.1. The molecule has 0 bridgehead atoms. The zero-order valence-corrected chi connectivity index (χ0v) is 11.0. The molecule has 2 heterocycles. The second-order valence-electron chi connectivity index (χ2n) is 5.11. The summed E-state index contributed by atoms with van der Waals surface area (Å²) < 4.78 is 22.7. The minimum Gasteiger partial charge on any atom is -0.337 e. The summed E-state index contributed by atoms with van der Waals surface area (Å²) in [4.78, 5) is 14.0. The smallest absolute Gasteiger partial charge is 0.223 e. The molecule has 2 saturated heterocycles. The molecule has 2 aliphatic heterocycles. The third kappa shape index (κ3) is 3.19. The minimum atomic E-state index is -2.87. The number of carbonyl (C=O) groups excluding carboxylic acids is 1. The fraction of sp³-hybridized carbons (Fsp3) is 0.909. The molecule has 0 aromatic carbocycles. The van der Waals surface area contributed by atoms with Gasteiger partial charge >= 0.3 is 0 Å². The van der Waals surface area contributed by atoms with Crippen molar-refractivity contribution < 1.29 is 13.2 Å². The molecule has 1 amide bonds. The van der Waals surface area contributed by atoms with Crippen LogP contribution in [0, 0.1) is 5.92 Å². The Morgan fingerprint density at radius 1 is 1.47 bits per heavy atom. The third-order valence-corrected chi connectivity index (χ3v) is 5.45. The van der Waals surface area contributed by atoms with Gasteiger partial charge in [0.15, 0.2) is 9.84 Å². The number of nitrogens with zero attached hydrogens (tertiary/aromatic N) is 1. The molecular formula is C11H20N2O3S. The molecule has 6 heteroatoms. The van der Waals surface area contributed by atoms with Crippen molar-refractivity contribution in [2.75, 3.05) is 31.1 Å². The molecule has 17 heavy (non-hydrogen) atoms. The molecule has 98 valence electrons. The number of piperazine rings is 1. The van der Waals surface area contributed by atoms with Crippen LogP contribution in [0.4, 0.5) is 0 Å². The van der Waals surface area contributed by atoms with Gasteiger partial charge in [0.05, 0.1) is 11.5 Å². The first-order valence-electron chi connectivity index (χ1n) is 6.18. The molecule has 0 radical (unpaired) electrons. The Morgan fingerprint density at radius 2 is 2.24 bits per heavy atom. The van der Waals surface area contributed by atoms with Gasteiger partial charge in [-0.15, -0.1) is 0 Å². The zero-order valence-electron chi connectivity index (χ0n) is 10.2. The molecule has 1 N–H and O–H groups in total. The van der Waals surface area contributed by atoms with E-state index in [4.69, 9.17) is 0 Å². The minimum absolute atomic E-state index is 0.0367. The van der Waals surface area contributed by atoms with Crippen molar-refractivity contribution in [2.45, 2.75) is 25.8 Å². The van der Waals surface area contributed by atoms with Crippen LogP contribution in [0.2, 0.25) is 0 Å². The Kier molecular flexibility index (Phi) is 3.73. The van der Waals surface area contributed by atoms with E-state index in [1.54, 1.807) is 0 Å². The molecule has 2 fully saturated rings.